The maximum Gasteiger partial charge on any atom is 0.0929 e. The maximum absolute atomic E-state index is 4.04. The van der Waals surface area contributed by atoms with E-state index < -0.39 is 0 Å². The van der Waals surface area contributed by atoms with E-state index in [2.05, 4.69) is 29.3 Å². The van der Waals surface area contributed by atoms with Gasteiger partial charge in [-0.25, -0.2) is 0 Å². The molecule has 2 nitrogen and oxygen atoms in total. The quantitative estimate of drug-likeness (QED) is 0.704. The van der Waals surface area contributed by atoms with Crippen LogP contribution in [0, 0.1) is 6.92 Å². The third-order valence-corrected chi connectivity index (χ3v) is 1.89. The van der Waals surface area contributed by atoms with Gasteiger partial charge in [-0.2, -0.15) is 10.2 Å². The molecule has 0 fully saturated rings. The van der Waals surface area contributed by atoms with Crippen molar-refractivity contribution in [3.05, 3.63) is 48.2 Å². The zero-order valence-electron chi connectivity index (χ0n) is 9.44. The molecule has 0 spiro atoms. The number of nitrogens with zero attached hydrogens (tertiary/aromatic N) is 2. The van der Waals surface area contributed by atoms with Crippen LogP contribution in [0.25, 0.3) is 11.3 Å². The number of benzene rings is 1. The molecule has 0 aliphatic rings. The lowest BCUT2D eigenvalue weighted by molar-refractivity contribution is 1.04. The molecular weight excluding hydrogens is 184 g/mol. The highest BCUT2D eigenvalue weighted by Crippen LogP contribution is 2.16. The Hall–Kier alpha value is -1.70. The Labute approximate surface area is 91.0 Å². The standard InChI is InChI=1S/C11H10N2.C2H6/c1-9-4-2-5-10(8-9)11-6-3-7-12-13-11;1-2/h2-8H,1H3;1-2H3. The fraction of sp³-hybridized carbons (Fsp3) is 0.231. The lowest BCUT2D eigenvalue weighted by Gasteiger charge is -1.99. The summed E-state index contributed by atoms with van der Waals surface area (Å²) in [4.78, 5) is 0. The summed E-state index contributed by atoms with van der Waals surface area (Å²) in [6.45, 7) is 6.07. The Morgan fingerprint density at radius 1 is 1.00 bits per heavy atom. The van der Waals surface area contributed by atoms with Gasteiger partial charge in [0.1, 0.15) is 0 Å². The monoisotopic (exact) mass is 200 g/mol. The van der Waals surface area contributed by atoms with Crippen molar-refractivity contribution in [2.75, 3.05) is 0 Å². The molecule has 2 rings (SSSR count). The lowest BCUT2D eigenvalue weighted by atomic mass is 10.1. The smallest absolute Gasteiger partial charge is 0.0929 e. The minimum atomic E-state index is 0.922. The van der Waals surface area contributed by atoms with Gasteiger partial charge in [-0.3, -0.25) is 0 Å². The maximum atomic E-state index is 4.04. The van der Waals surface area contributed by atoms with E-state index in [9.17, 15) is 0 Å². The van der Waals surface area contributed by atoms with Crippen molar-refractivity contribution in [1.29, 1.82) is 0 Å². The zero-order chi connectivity index (χ0) is 11.1. The molecule has 1 heterocycles. The van der Waals surface area contributed by atoms with Crippen LogP contribution in [0.1, 0.15) is 19.4 Å². The molecule has 0 aliphatic heterocycles. The zero-order valence-corrected chi connectivity index (χ0v) is 9.44. The molecule has 0 N–H and O–H groups in total. The third-order valence-electron chi connectivity index (χ3n) is 1.89. The number of rotatable bonds is 1. The highest BCUT2D eigenvalue weighted by atomic mass is 15.1. The van der Waals surface area contributed by atoms with Crippen molar-refractivity contribution in [2.24, 2.45) is 0 Å². The summed E-state index contributed by atoms with van der Waals surface area (Å²) in [5.41, 5.74) is 3.28. The molecule has 0 amide bonds. The predicted octanol–water partition coefficient (Wildman–Crippen LogP) is 3.48. The van der Waals surface area contributed by atoms with E-state index in [1.807, 2.05) is 38.1 Å². The van der Waals surface area contributed by atoms with Crippen molar-refractivity contribution >= 4 is 0 Å². The van der Waals surface area contributed by atoms with Crippen molar-refractivity contribution in [3.8, 4) is 11.3 Å². The fourth-order valence-corrected chi connectivity index (χ4v) is 1.26. The van der Waals surface area contributed by atoms with Crippen LogP contribution >= 0.6 is 0 Å². The van der Waals surface area contributed by atoms with E-state index >= 15 is 0 Å². The first kappa shape index (κ1) is 11.4. The molecule has 0 saturated heterocycles. The molecule has 0 bridgehead atoms. The van der Waals surface area contributed by atoms with Crippen LogP contribution in [0.5, 0.6) is 0 Å². The van der Waals surface area contributed by atoms with E-state index in [0.29, 0.717) is 0 Å². The SMILES string of the molecule is CC.Cc1cccc(-c2cccnn2)c1. The van der Waals surface area contributed by atoms with Gasteiger partial charge in [0.2, 0.25) is 0 Å². The molecule has 2 heteroatoms. The van der Waals surface area contributed by atoms with Gasteiger partial charge in [0.15, 0.2) is 0 Å². The van der Waals surface area contributed by atoms with Gasteiger partial charge in [0.05, 0.1) is 5.69 Å². The van der Waals surface area contributed by atoms with Crippen molar-refractivity contribution in [2.45, 2.75) is 20.8 Å². The average Bonchev–Trinajstić information content (AvgIpc) is 2.33. The summed E-state index contributed by atoms with van der Waals surface area (Å²) in [5, 5.41) is 7.88. The first-order valence-electron chi connectivity index (χ1n) is 5.21. The Morgan fingerprint density at radius 3 is 2.40 bits per heavy atom. The Balaban J connectivity index is 0.000000531. The molecule has 15 heavy (non-hydrogen) atoms. The number of hydrogen-bond acceptors (Lipinski definition) is 2. The van der Waals surface area contributed by atoms with E-state index in [4.69, 9.17) is 0 Å². The van der Waals surface area contributed by atoms with Crippen LogP contribution in [-0.4, -0.2) is 10.2 Å². The summed E-state index contributed by atoms with van der Waals surface area (Å²) in [6.07, 6.45) is 1.68. The van der Waals surface area contributed by atoms with Gasteiger partial charge in [-0.05, 0) is 25.1 Å². The summed E-state index contributed by atoms with van der Waals surface area (Å²) < 4.78 is 0. The molecule has 0 aliphatic carbocycles. The summed E-state index contributed by atoms with van der Waals surface area (Å²) in [7, 11) is 0. The van der Waals surface area contributed by atoms with Crippen LogP contribution in [0.2, 0.25) is 0 Å². The summed E-state index contributed by atoms with van der Waals surface area (Å²) >= 11 is 0. The molecule has 1 aromatic heterocycles. The van der Waals surface area contributed by atoms with E-state index in [1.54, 1.807) is 6.20 Å². The van der Waals surface area contributed by atoms with Crippen LogP contribution in [-0.2, 0) is 0 Å². The van der Waals surface area contributed by atoms with Gasteiger partial charge in [-0.15, -0.1) is 0 Å². The fourth-order valence-electron chi connectivity index (χ4n) is 1.26. The van der Waals surface area contributed by atoms with Gasteiger partial charge in [0, 0.05) is 11.8 Å². The molecule has 0 unspecified atom stereocenters. The molecule has 0 saturated carbocycles. The van der Waals surface area contributed by atoms with Gasteiger partial charge in [0.25, 0.3) is 0 Å². The Kier molecular flexibility index (Phi) is 4.48. The van der Waals surface area contributed by atoms with Crippen LogP contribution in [0.3, 0.4) is 0 Å². The van der Waals surface area contributed by atoms with E-state index in [1.165, 1.54) is 5.56 Å². The van der Waals surface area contributed by atoms with E-state index in [-0.39, 0.29) is 0 Å². The largest absolute Gasteiger partial charge is 0.159 e. The second-order valence-corrected chi connectivity index (χ2v) is 2.98. The normalized spacial score (nSPS) is 9.00. The highest BCUT2D eigenvalue weighted by molar-refractivity contribution is 5.58. The first-order valence-corrected chi connectivity index (χ1v) is 5.21. The minimum absolute atomic E-state index is 0.922. The van der Waals surface area contributed by atoms with E-state index in [0.717, 1.165) is 11.3 Å². The predicted molar refractivity (Wildman–Crippen MR) is 63.6 cm³/mol. The lowest BCUT2D eigenvalue weighted by Crippen LogP contribution is -1.85. The first-order chi connectivity index (χ1) is 7.36. The molecule has 0 radical (unpaired) electrons. The number of aryl methyl sites for hydroxylation is 1. The topological polar surface area (TPSA) is 25.8 Å². The average molecular weight is 200 g/mol. The third kappa shape index (κ3) is 3.17. The van der Waals surface area contributed by atoms with Crippen LogP contribution in [0.15, 0.2) is 42.6 Å². The minimum Gasteiger partial charge on any atom is -0.159 e. The van der Waals surface area contributed by atoms with Crippen molar-refractivity contribution in [3.63, 3.8) is 0 Å². The van der Waals surface area contributed by atoms with Gasteiger partial charge in [-0.1, -0.05) is 37.6 Å². The second kappa shape index (κ2) is 5.91. The molecular formula is C13H16N2. The van der Waals surface area contributed by atoms with Gasteiger partial charge >= 0.3 is 0 Å². The molecule has 78 valence electrons. The molecule has 1 aromatic carbocycles. The summed E-state index contributed by atoms with van der Waals surface area (Å²) in [5.74, 6) is 0. The van der Waals surface area contributed by atoms with Crippen molar-refractivity contribution < 1.29 is 0 Å². The number of aromatic nitrogens is 2. The van der Waals surface area contributed by atoms with Crippen LogP contribution < -0.4 is 0 Å². The highest BCUT2D eigenvalue weighted by Gasteiger charge is 1.97. The van der Waals surface area contributed by atoms with Gasteiger partial charge < -0.3 is 0 Å². The number of hydrogen-bond donors (Lipinski definition) is 0. The second-order valence-electron chi connectivity index (χ2n) is 2.98. The Morgan fingerprint density at radius 2 is 1.80 bits per heavy atom. The molecule has 0 atom stereocenters. The van der Waals surface area contributed by atoms with Crippen molar-refractivity contribution in [1.82, 2.24) is 10.2 Å². The van der Waals surface area contributed by atoms with Crippen LogP contribution in [0.4, 0.5) is 0 Å². The molecule has 2 aromatic rings. The Bertz CT molecular complexity index is 396. The summed E-state index contributed by atoms with van der Waals surface area (Å²) in [6, 6.07) is 12.1.